The summed E-state index contributed by atoms with van der Waals surface area (Å²) in [4.78, 5) is 7.12. The quantitative estimate of drug-likeness (QED) is 0.718. The molecule has 3 heterocycles. The van der Waals surface area contributed by atoms with Gasteiger partial charge in [-0.25, -0.2) is 0 Å². The molecule has 0 saturated carbocycles. The van der Waals surface area contributed by atoms with Gasteiger partial charge in [0.05, 0.1) is 5.56 Å². The summed E-state index contributed by atoms with van der Waals surface area (Å²) in [5, 5.41) is 0. The summed E-state index contributed by atoms with van der Waals surface area (Å²) < 4.78 is 46.4. The molecule has 4 nitrogen and oxygen atoms in total. The molecular formula is C23H34F3N3O. The number of ether oxygens (including phenoxy) is 1. The molecule has 0 N–H and O–H groups in total. The van der Waals surface area contributed by atoms with E-state index >= 15 is 0 Å². The maximum atomic E-state index is 13.4. The lowest BCUT2D eigenvalue weighted by Gasteiger charge is -2.44. The highest BCUT2D eigenvalue weighted by Crippen LogP contribution is 2.41. The van der Waals surface area contributed by atoms with Gasteiger partial charge in [0.2, 0.25) is 0 Å². The molecule has 30 heavy (non-hydrogen) atoms. The Kier molecular flexibility index (Phi) is 6.33. The zero-order chi connectivity index (χ0) is 21.4. The lowest BCUT2D eigenvalue weighted by atomic mass is 9.85. The zero-order valence-corrected chi connectivity index (χ0v) is 18.2. The second-order valence-electron chi connectivity index (χ2n) is 9.49. The van der Waals surface area contributed by atoms with Crippen molar-refractivity contribution < 1.29 is 17.9 Å². The van der Waals surface area contributed by atoms with Gasteiger partial charge in [0.1, 0.15) is 11.9 Å². The van der Waals surface area contributed by atoms with Crippen LogP contribution >= 0.6 is 0 Å². The molecule has 0 amide bonds. The van der Waals surface area contributed by atoms with Gasteiger partial charge in [-0.2, -0.15) is 13.2 Å². The molecule has 1 aromatic carbocycles. The van der Waals surface area contributed by atoms with E-state index in [4.69, 9.17) is 4.74 Å². The van der Waals surface area contributed by atoms with Crippen molar-refractivity contribution in [3.05, 3.63) is 29.3 Å². The molecular weight excluding hydrogens is 391 g/mol. The highest BCUT2D eigenvalue weighted by atomic mass is 19.4. The van der Waals surface area contributed by atoms with Gasteiger partial charge < -0.3 is 14.5 Å². The van der Waals surface area contributed by atoms with E-state index in [1.807, 2.05) is 0 Å². The van der Waals surface area contributed by atoms with Crippen LogP contribution in [0.5, 0.6) is 5.75 Å². The summed E-state index contributed by atoms with van der Waals surface area (Å²) in [6.45, 7) is 5.69. The van der Waals surface area contributed by atoms with Crippen LogP contribution in [0.1, 0.15) is 49.7 Å². The average molecular weight is 426 g/mol. The third kappa shape index (κ3) is 4.78. The Labute approximate surface area is 178 Å². The molecule has 3 aliphatic heterocycles. The lowest BCUT2D eigenvalue weighted by molar-refractivity contribution is -0.137. The van der Waals surface area contributed by atoms with Crippen molar-refractivity contribution in [1.29, 1.82) is 0 Å². The molecule has 7 heteroatoms. The second-order valence-corrected chi connectivity index (χ2v) is 9.49. The molecule has 0 atom stereocenters. The smallest absolute Gasteiger partial charge is 0.416 e. The Bertz CT molecular complexity index is 723. The Morgan fingerprint density at radius 2 is 1.63 bits per heavy atom. The fourth-order valence-corrected chi connectivity index (χ4v) is 5.30. The van der Waals surface area contributed by atoms with Crippen molar-refractivity contribution in [3.63, 3.8) is 0 Å². The van der Waals surface area contributed by atoms with E-state index in [-0.39, 0.29) is 11.6 Å². The number of halogens is 3. The number of alkyl halides is 3. The molecule has 0 bridgehead atoms. The van der Waals surface area contributed by atoms with Crippen LogP contribution in [-0.4, -0.2) is 73.2 Å². The van der Waals surface area contributed by atoms with Crippen molar-refractivity contribution in [2.75, 3.05) is 46.8 Å². The Morgan fingerprint density at radius 1 is 0.967 bits per heavy atom. The van der Waals surface area contributed by atoms with E-state index in [9.17, 15) is 13.2 Å². The predicted molar refractivity (Wildman–Crippen MR) is 112 cm³/mol. The van der Waals surface area contributed by atoms with Gasteiger partial charge >= 0.3 is 6.18 Å². The number of likely N-dealkylation sites (tertiary alicyclic amines) is 3. The Morgan fingerprint density at radius 3 is 2.30 bits per heavy atom. The summed E-state index contributed by atoms with van der Waals surface area (Å²) in [6, 6.07) is 4.09. The van der Waals surface area contributed by atoms with Crippen molar-refractivity contribution in [1.82, 2.24) is 14.7 Å². The Balaban J connectivity index is 1.55. The summed E-state index contributed by atoms with van der Waals surface area (Å²) in [5.74, 6) is 0.425. The van der Waals surface area contributed by atoms with Gasteiger partial charge in [-0.3, -0.25) is 4.90 Å². The first-order valence-corrected chi connectivity index (χ1v) is 11.2. The minimum absolute atomic E-state index is 0.0145. The van der Waals surface area contributed by atoms with Crippen LogP contribution in [-0.2, 0) is 12.7 Å². The van der Waals surface area contributed by atoms with E-state index in [0.717, 1.165) is 70.4 Å². The van der Waals surface area contributed by atoms with E-state index in [0.29, 0.717) is 12.3 Å². The fourth-order valence-electron chi connectivity index (χ4n) is 5.30. The molecule has 168 valence electrons. The van der Waals surface area contributed by atoms with Crippen LogP contribution < -0.4 is 4.74 Å². The summed E-state index contributed by atoms with van der Waals surface area (Å²) in [6.07, 6.45) is 1.95. The molecule has 0 unspecified atom stereocenters. The fraction of sp³-hybridized carbons (Fsp3) is 0.739. The molecule has 1 aromatic rings. The van der Waals surface area contributed by atoms with Crippen molar-refractivity contribution in [2.45, 2.75) is 62.9 Å². The third-order valence-electron chi connectivity index (χ3n) is 7.37. The highest BCUT2D eigenvalue weighted by molar-refractivity contribution is 5.39. The first-order valence-electron chi connectivity index (χ1n) is 11.2. The SMILES string of the molecule is CN1CCC(Oc2cc(C(F)(F)F)ccc2CN2CCCC23CCN(C)CC3)CC1. The minimum Gasteiger partial charge on any atom is -0.490 e. The van der Waals surface area contributed by atoms with Crippen LogP contribution in [0, 0.1) is 0 Å². The van der Waals surface area contributed by atoms with Gasteiger partial charge in [0.25, 0.3) is 0 Å². The lowest BCUT2D eigenvalue weighted by Crippen LogP contribution is -2.50. The molecule has 1 spiro atoms. The van der Waals surface area contributed by atoms with Crippen molar-refractivity contribution >= 4 is 0 Å². The number of piperidine rings is 2. The molecule has 0 aliphatic carbocycles. The maximum Gasteiger partial charge on any atom is 0.416 e. The molecule has 3 aliphatic rings. The number of hydrogen-bond donors (Lipinski definition) is 0. The topological polar surface area (TPSA) is 19.0 Å². The van der Waals surface area contributed by atoms with Gasteiger partial charge in [0, 0.05) is 30.7 Å². The third-order valence-corrected chi connectivity index (χ3v) is 7.37. The highest BCUT2D eigenvalue weighted by Gasteiger charge is 2.42. The average Bonchev–Trinajstić information content (AvgIpc) is 3.08. The first-order chi connectivity index (χ1) is 14.2. The predicted octanol–water partition coefficient (Wildman–Crippen LogP) is 4.24. The first kappa shape index (κ1) is 21.9. The second kappa shape index (κ2) is 8.67. The van der Waals surface area contributed by atoms with Crippen LogP contribution in [0.4, 0.5) is 13.2 Å². The Hall–Kier alpha value is -1.31. The summed E-state index contributed by atoms with van der Waals surface area (Å²) in [7, 11) is 4.23. The summed E-state index contributed by atoms with van der Waals surface area (Å²) in [5.41, 5.74) is 0.465. The van der Waals surface area contributed by atoms with Crippen LogP contribution in [0.15, 0.2) is 18.2 Å². The largest absolute Gasteiger partial charge is 0.490 e. The molecule has 0 radical (unpaired) electrons. The number of nitrogens with zero attached hydrogens (tertiary/aromatic N) is 3. The van der Waals surface area contributed by atoms with Crippen molar-refractivity contribution in [2.24, 2.45) is 0 Å². The van der Waals surface area contributed by atoms with E-state index in [1.165, 1.54) is 18.6 Å². The van der Waals surface area contributed by atoms with Crippen LogP contribution in [0.2, 0.25) is 0 Å². The van der Waals surface area contributed by atoms with E-state index in [1.54, 1.807) is 6.07 Å². The number of hydrogen-bond acceptors (Lipinski definition) is 4. The standard InChI is InChI=1S/C23H34F3N3O/c1-27-12-6-20(7-13-27)30-21-16-19(23(24,25)26)5-4-18(21)17-29-11-3-8-22(29)9-14-28(2)15-10-22/h4-5,16,20H,3,6-15,17H2,1-2H3. The van der Waals surface area contributed by atoms with Gasteiger partial charge in [-0.05, 0) is 84.4 Å². The van der Waals surface area contributed by atoms with Gasteiger partial charge in [-0.1, -0.05) is 6.07 Å². The molecule has 0 aromatic heterocycles. The number of benzene rings is 1. The minimum atomic E-state index is -4.35. The molecule has 3 saturated heterocycles. The van der Waals surface area contributed by atoms with Crippen molar-refractivity contribution in [3.8, 4) is 5.75 Å². The molecule has 4 rings (SSSR count). The normalized spacial score (nSPS) is 24.6. The van der Waals surface area contributed by atoms with Gasteiger partial charge in [0.15, 0.2) is 0 Å². The van der Waals surface area contributed by atoms with Crippen LogP contribution in [0.3, 0.4) is 0 Å². The van der Waals surface area contributed by atoms with E-state index in [2.05, 4.69) is 28.8 Å². The van der Waals surface area contributed by atoms with Crippen LogP contribution in [0.25, 0.3) is 0 Å². The number of rotatable bonds is 4. The maximum absolute atomic E-state index is 13.4. The van der Waals surface area contributed by atoms with E-state index < -0.39 is 11.7 Å². The monoisotopic (exact) mass is 425 g/mol. The molecule has 3 fully saturated rings. The summed E-state index contributed by atoms with van der Waals surface area (Å²) >= 11 is 0. The zero-order valence-electron chi connectivity index (χ0n) is 18.2. The van der Waals surface area contributed by atoms with Gasteiger partial charge in [-0.15, -0.1) is 0 Å².